The molecule has 0 aliphatic carbocycles. The van der Waals surface area contributed by atoms with E-state index in [1.807, 2.05) is 0 Å². The van der Waals surface area contributed by atoms with Crippen LogP contribution >= 0.6 is 0 Å². The molecule has 9 nitrogen and oxygen atoms in total. The summed E-state index contributed by atoms with van der Waals surface area (Å²) in [5.74, 6) is -2.34. The van der Waals surface area contributed by atoms with Crippen molar-refractivity contribution in [2.45, 2.75) is 212 Å². The Morgan fingerprint density at radius 1 is 0.517 bits per heavy atom. The first-order valence-corrected chi connectivity index (χ1v) is 23.2. The number of esters is 1. The highest BCUT2D eigenvalue weighted by Crippen LogP contribution is 2.18. The number of aliphatic carboxylic acids is 1. The second-order valence-electron chi connectivity index (χ2n) is 15.5. The van der Waals surface area contributed by atoms with Crippen LogP contribution in [0.3, 0.4) is 0 Å². The zero-order valence-corrected chi connectivity index (χ0v) is 36.8. The summed E-state index contributed by atoms with van der Waals surface area (Å²) in [5, 5.41) is 22.6. The average Bonchev–Trinajstić information content (AvgIpc) is 3.21. The molecule has 0 aromatic rings. The van der Waals surface area contributed by atoms with Gasteiger partial charge in [0.05, 0.1) is 13.2 Å². The third-order valence-corrected chi connectivity index (χ3v) is 9.99. The molecule has 4 N–H and O–H groups in total. The summed E-state index contributed by atoms with van der Waals surface area (Å²) < 4.78 is 6.01. The van der Waals surface area contributed by atoms with E-state index in [9.17, 15) is 19.2 Å². The number of carboxylic acid groups (broad SMARTS) is 1. The fourth-order valence-corrected chi connectivity index (χ4v) is 6.40. The van der Waals surface area contributed by atoms with E-state index in [1.165, 1.54) is 64.2 Å². The molecule has 0 rings (SSSR count). The molecule has 0 aliphatic rings. The number of hydrogen-bond acceptors (Lipinski definition) is 6. The first-order chi connectivity index (χ1) is 28.3. The first-order valence-electron chi connectivity index (χ1n) is 23.2. The number of nitrogens with one attached hydrogen (secondary N) is 2. The molecule has 332 valence electrons. The number of aliphatic hydroxyl groups excluding tert-OH is 1. The van der Waals surface area contributed by atoms with Gasteiger partial charge >= 0.3 is 11.9 Å². The van der Waals surface area contributed by atoms with Crippen LogP contribution in [-0.4, -0.2) is 59.3 Å². The number of hydrogen-bond donors (Lipinski definition) is 4. The molecule has 0 spiro atoms. The van der Waals surface area contributed by atoms with Crippen molar-refractivity contribution in [1.82, 2.24) is 10.6 Å². The molecule has 0 aliphatic heterocycles. The average molecular weight is 813 g/mol. The van der Waals surface area contributed by atoms with Gasteiger partial charge in [-0.15, -0.1) is 0 Å². The van der Waals surface area contributed by atoms with E-state index in [4.69, 9.17) is 14.9 Å². The topological polar surface area (TPSA) is 142 Å². The Hall–Kier alpha value is -3.46. The number of unbranched alkanes of at least 4 members (excludes halogenated alkanes) is 17. The fourth-order valence-electron chi connectivity index (χ4n) is 6.40. The number of ether oxygens (including phenoxy) is 1. The summed E-state index contributed by atoms with van der Waals surface area (Å²) in [7, 11) is 0. The van der Waals surface area contributed by atoms with Gasteiger partial charge in [-0.2, -0.15) is 0 Å². The Morgan fingerprint density at radius 2 is 0.948 bits per heavy atom. The highest BCUT2D eigenvalue weighted by Gasteiger charge is 2.19. The van der Waals surface area contributed by atoms with Gasteiger partial charge in [0.15, 0.2) is 0 Å². The lowest BCUT2D eigenvalue weighted by molar-refractivity contribution is -0.150. The SMILES string of the molecule is CCCCC/C=C\C/C=C\C/C=C\CCCCCCCCC(=O)OC(CCC/C=C\C/C=C\CCCCC)CCCCCCCC(=O)NCC(=O)NC(CO)C(=O)O. The van der Waals surface area contributed by atoms with Crippen molar-refractivity contribution in [3.63, 3.8) is 0 Å². The summed E-state index contributed by atoms with van der Waals surface area (Å²) in [6.45, 7) is 3.42. The molecule has 0 bridgehead atoms. The van der Waals surface area contributed by atoms with Gasteiger partial charge < -0.3 is 25.6 Å². The first kappa shape index (κ1) is 54.5. The highest BCUT2D eigenvalue weighted by atomic mass is 16.5. The summed E-state index contributed by atoms with van der Waals surface area (Å²) >= 11 is 0. The van der Waals surface area contributed by atoms with Crippen LogP contribution in [-0.2, 0) is 23.9 Å². The van der Waals surface area contributed by atoms with Crippen molar-refractivity contribution in [3.8, 4) is 0 Å². The molecule has 2 amide bonds. The molecule has 0 aromatic heterocycles. The van der Waals surface area contributed by atoms with Crippen LogP contribution in [0.15, 0.2) is 60.8 Å². The molecule has 58 heavy (non-hydrogen) atoms. The minimum atomic E-state index is -1.39. The second kappa shape index (κ2) is 43.1. The van der Waals surface area contributed by atoms with Crippen molar-refractivity contribution in [2.24, 2.45) is 0 Å². The van der Waals surface area contributed by atoms with Crippen LogP contribution in [0.2, 0.25) is 0 Å². The van der Waals surface area contributed by atoms with Crippen LogP contribution in [0, 0.1) is 0 Å². The maximum Gasteiger partial charge on any atom is 0.328 e. The van der Waals surface area contributed by atoms with Gasteiger partial charge in [0.1, 0.15) is 12.1 Å². The smallest absolute Gasteiger partial charge is 0.328 e. The van der Waals surface area contributed by atoms with Gasteiger partial charge in [0.25, 0.3) is 0 Å². The molecule has 0 radical (unpaired) electrons. The van der Waals surface area contributed by atoms with Gasteiger partial charge in [-0.25, -0.2) is 4.79 Å². The third kappa shape index (κ3) is 39.4. The Labute approximate surface area is 353 Å². The summed E-state index contributed by atoms with van der Waals surface area (Å²) in [5.41, 5.74) is 0. The molecule has 2 unspecified atom stereocenters. The number of carbonyl (C=O) groups is 4. The van der Waals surface area contributed by atoms with E-state index in [1.54, 1.807) is 0 Å². The lowest BCUT2D eigenvalue weighted by Gasteiger charge is -2.18. The fraction of sp³-hybridized carbons (Fsp3) is 0.714. The molecule has 2 atom stereocenters. The molecule has 0 aromatic carbocycles. The number of aliphatic hydroxyl groups is 1. The van der Waals surface area contributed by atoms with Gasteiger partial charge in [0, 0.05) is 12.8 Å². The Balaban J connectivity index is 4.34. The molecular weight excluding hydrogens is 729 g/mol. The maximum atomic E-state index is 12.8. The monoisotopic (exact) mass is 813 g/mol. The van der Waals surface area contributed by atoms with Gasteiger partial charge in [-0.05, 0) is 103 Å². The van der Waals surface area contributed by atoms with Gasteiger partial charge in [-0.1, -0.05) is 145 Å². The van der Waals surface area contributed by atoms with Crippen molar-refractivity contribution < 1.29 is 34.1 Å². The molecule has 9 heteroatoms. The summed E-state index contributed by atoms with van der Waals surface area (Å²) in [4.78, 5) is 47.6. The van der Waals surface area contributed by atoms with E-state index < -0.39 is 24.5 Å². The van der Waals surface area contributed by atoms with Gasteiger partial charge in [0.2, 0.25) is 11.8 Å². The second-order valence-corrected chi connectivity index (χ2v) is 15.5. The lowest BCUT2D eigenvalue weighted by Crippen LogP contribution is -2.47. The summed E-state index contributed by atoms with van der Waals surface area (Å²) in [6.07, 6.45) is 52.5. The zero-order valence-electron chi connectivity index (χ0n) is 36.8. The number of amides is 2. The van der Waals surface area contributed by atoms with Crippen LogP contribution in [0.1, 0.15) is 200 Å². The minimum absolute atomic E-state index is 0.0662. The number of carboxylic acids is 1. The van der Waals surface area contributed by atoms with E-state index in [0.717, 1.165) is 103 Å². The zero-order chi connectivity index (χ0) is 42.6. The molecule has 0 saturated heterocycles. The van der Waals surface area contributed by atoms with Crippen LogP contribution in [0.25, 0.3) is 0 Å². The Morgan fingerprint density at radius 3 is 1.47 bits per heavy atom. The van der Waals surface area contributed by atoms with Crippen LogP contribution in [0.5, 0.6) is 0 Å². The Kier molecular flexibility index (Phi) is 40.6. The van der Waals surface area contributed by atoms with Crippen molar-refractivity contribution >= 4 is 23.8 Å². The van der Waals surface area contributed by atoms with Crippen LogP contribution in [0.4, 0.5) is 0 Å². The van der Waals surface area contributed by atoms with Gasteiger partial charge in [-0.3, -0.25) is 14.4 Å². The Bertz CT molecular complexity index is 1160. The molecule has 0 saturated carbocycles. The van der Waals surface area contributed by atoms with E-state index in [0.29, 0.717) is 12.8 Å². The largest absolute Gasteiger partial charge is 0.480 e. The van der Waals surface area contributed by atoms with E-state index >= 15 is 0 Å². The highest BCUT2D eigenvalue weighted by molar-refractivity contribution is 5.87. The number of rotatable bonds is 41. The predicted octanol–water partition coefficient (Wildman–Crippen LogP) is 11.7. The normalized spacial score (nSPS) is 13.0. The minimum Gasteiger partial charge on any atom is -0.480 e. The summed E-state index contributed by atoms with van der Waals surface area (Å²) in [6, 6.07) is -1.39. The lowest BCUT2D eigenvalue weighted by atomic mass is 10.0. The molecule has 0 heterocycles. The standard InChI is InChI=1S/C49H84N2O7/c1-3-5-7-9-11-13-15-16-17-18-19-20-21-22-24-26-28-33-37-41-48(55)58-44(38-34-30-27-25-23-14-12-10-8-6-4-2)39-35-31-29-32-36-40-46(53)50-42-47(54)51-45(43-52)49(56)57/h11-14,16-17,19-20,25,27,44-45,52H,3-10,15,18,21-24,26,28-43H2,1-2H3,(H,50,53)(H,51,54)(H,56,57)/b13-11-,14-12-,17-16-,20-19-,27-25-. The van der Waals surface area contributed by atoms with Crippen molar-refractivity contribution in [1.29, 1.82) is 0 Å². The number of allylic oxidation sites excluding steroid dienone is 10. The third-order valence-electron chi connectivity index (χ3n) is 9.99. The maximum absolute atomic E-state index is 12.8. The van der Waals surface area contributed by atoms with E-state index in [2.05, 4.69) is 85.2 Å². The van der Waals surface area contributed by atoms with E-state index in [-0.39, 0.29) is 30.9 Å². The predicted molar refractivity (Wildman–Crippen MR) is 240 cm³/mol. The molecule has 0 fully saturated rings. The van der Waals surface area contributed by atoms with Crippen molar-refractivity contribution in [3.05, 3.63) is 60.8 Å². The number of carbonyl (C=O) groups excluding carboxylic acids is 3. The quantitative estimate of drug-likeness (QED) is 0.0273. The van der Waals surface area contributed by atoms with Crippen molar-refractivity contribution in [2.75, 3.05) is 13.2 Å². The molecular formula is C49H84N2O7. The van der Waals surface area contributed by atoms with Crippen LogP contribution < -0.4 is 10.6 Å².